The summed E-state index contributed by atoms with van der Waals surface area (Å²) in [6.07, 6.45) is 5.23. The Morgan fingerprint density at radius 3 is 3.05 bits per heavy atom. The van der Waals surface area contributed by atoms with Gasteiger partial charge in [-0.1, -0.05) is 0 Å². The quantitative estimate of drug-likeness (QED) is 0.874. The first-order chi connectivity index (χ1) is 9.26. The van der Waals surface area contributed by atoms with E-state index in [9.17, 15) is 4.79 Å². The zero-order valence-corrected chi connectivity index (χ0v) is 11.2. The van der Waals surface area contributed by atoms with Gasteiger partial charge in [-0.25, -0.2) is 4.98 Å². The lowest BCUT2D eigenvalue weighted by molar-refractivity contribution is 0.0724. The van der Waals surface area contributed by atoms with Crippen LogP contribution in [0.25, 0.3) is 0 Å². The molecular formula is C14H20N2O3. The van der Waals surface area contributed by atoms with Crippen LogP contribution in [0.1, 0.15) is 36.0 Å². The average molecular weight is 264 g/mol. The maximum absolute atomic E-state index is 12.4. The van der Waals surface area contributed by atoms with E-state index in [0.717, 1.165) is 32.2 Å². The monoisotopic (exact) mass is 264 g/mol. The molecule has 0 saturated carbocycles. The van der Waals surface area contributed by atoms with Crippen molar-refractivity contribution in [3.63, 3.8) is 0 Å². The molecule has 0 radical (unpaired) electrons. The van der Waals surface area contributed by atoms with Crippen LogP contribution in [0.4, 0.5) is 0 Å². The molecule has 1 N–H and O–H groups in total. The third kappa shape index (κ3) is 3.23. The minimum absolute atomic E-state index is 0.0237. The molecule has 1 aliphatic heterocycles. The number of carbonyl (C=O) groups is 1. The first kappa shape index (κ1) is 13.8. The molecular weight excluding hydrogens is 244 g/mol. The fourth-order valence-electron chi connectivity index (χ4n) is 2.52. The Hall–Kier alpha value is -1.62. The lowest BCUT2D eigenvalue weighted by atomic mass is 10.1. The minimum atomic E-state index is 0.0237. The van der Waals surface area contributed by atoms with E-state index in [-0.39, 0.29) is 18.6 Å². The Labute approximate surface area is 113 Å². The second-order valence-electron chi connectivity index (χ2n) is 4.75. The molecule has 1 aromatic rings. The number of carbonyl (C=O) groups excluding carboxylic acids is 1. The van der Waals surface area contributed by atoms with Crippen molar-refractivity contribution in [3.05, 3.63) is 23.9 Å². The number of methoxy groups -OCH3 is 1. The Balaban J connectivity index is 2.04. The van der Waals surface area contributed by atoms with E-state index in [1.165, 1.54) is 0 Å². The number of amides is 1. The summed E-state index contributed by atoms with van der Waals surface area (Å²) in [4.78, 5) is 18.4. The van der Waals surface area contributed by atoms with E-state index < -0.39 is 0 Å². The summed E-state index contributed by atoms with van der Waals surface area (Å²) in [6, 6.07) is 3.70. The van der Waals surface area contributed by atoms with Crippen LogP contribution in [-0.4, -0.2) is 47.2 Å². The summed E-state index contributed by atoms with van der Waals surface area (Å²) in [5, 5.41) is 8.90. The number of aliphatic hydroxyl groups is 1. The molecule has 19 heavy (non-hydrogen) atoms. The molecule has 2 rings (SSSR count). The zero-order valence-electron chi connectivity index (χ0n) is 11.2. The molecule has 1 saturated heterocycles. The number of rotatable bonds is 5. The van der Waals surface area contributed by atoms with Gasteiger partial charge in [0.15, 0.2) is 0 Å². The van der Waals surface area contributed by atoms with Crippen LogP contribution in [0.3, 0.4) is 0 Å². The van der Waals surface area contributed by atoms with Gasteiger partial charge in [0.25, 0.3) is 5.91 Å². The van der Waals surface area contributed by atoms with Gasteiger partial charge in [-0.15, -0.1) is 0 Å². The molecule has 1 amide bonds. The smallest absolute Gasteiger partial charge is 0.255 e. The molecule has 0 aliphatic carbocycles. The third-order valence-corrected chi connectivity index (χ3v) is 3.53. The second-order valence-corrected chi connectivity index (χ2v) is 4.75. The van der Waals surface area contributed by atoms with E-state index in [0.29, 0.717) is 11.4 Å². The van der Waals surface area contributed by atoms with Gasteiger partial charge < -0.3 is 14.7 Å². The highest BCUT2D eigenvalue weighted by molar-refractivity contribution is 5.94. The first-order valence-electron chi connectivity index (χ1n) is 6.68. The molecule has 0 spiro atoms. The largest absolute Gasteiger partial charge is 0.481 e. The van der Waals surface area contributed by atoms with Crippen molar-refractivity contribution in [2.24, 2.45) is 0 Å². The van der Waals surface area contributed by atoms with Crippen molar-refractivity contribution in [1.82, 2.24) is 9.88 Å². The standard InChI is InChI=1S/C14H20N2O3/c1-19-13-7-6-11(10-15-13)14(18)16-8-2-4-12(16)5-3-9-17/h6-7,10,12,17H,2-5,8-9H2,1H3. The molecule has 1 aliphatic rings. The van der Waals surface area contributed by atoms with E-state index in [1.54, 1.807) is 25.4 Å². The molecule has 5 nitrogen and oxygen atoms in total. The van der Waals surface area contributed by atoms with Gasteiger partial charge in [-0.05, 0) is 31.7 Å². The number of nitrogens with zero attached hydrogens (tertiary/aromatic N) is 2. The molecule has 0 bridgehead atoms. The molecule has 104 valence electrons. The van der Waals surface area contributed by atoms with Gasteiger partial charge in [0.1, 0.15) is 0 Å². The number of aromatic nitrogens is 1. The Morgan fingerprint density at radius 1 is 1.58 bits per heavy atom. The van der Waals surface area contributed by atoms with E-state index in [4.69, 9.17) is 9.84 Å². The predicted octanol–water partition coefficient (Wildman–Crippen LogP) is 1.47. The van der Waals surface area contributed by atoms with Gasteiger partial charge in [0.05, 0.1) is 12.7 Å². The molecule has 2 heterocycles. The number of hydrogen-bond acceptors (Lipinski definition) is 4. The van der Waals surface area contributed by atoms with Crippen LogP contribution in [0.2, 0.25) is 0 Å². The molecule has 1 fully saturated rings. The summed E-state index contributed by atoms with van der Waals surface area (Å²) < 4.78 is 4.98. The third-order valence-electron chi connectivity index (χ3n) is 3.53. The van der Waals surface area contributed by atoms with Crippen molar-refractivity contribution in [2.75, 3.05) is 20.3 Å². The van der Waals surface area contributed by atoms with Crippen molar-refractivity contribution in [1.29, 1.82) is 0 Å². The van der Waals surface area contributed by atoms with Crippen LogP contribution in [0, 0.1) is 0 Å². The summed E-state index contributed by atoms with van der Waals surface area (Å²) in [6.45, 7) is 0.976. The number of ether oxygens (including phenoxy) is 1. The van der Waals surface area contributed by atoms with Crippen molar-refractivity contribution in [2.45, 2.75) is 31.7 Å². The van der Waals surface area contributed by atoms with Gasteiger partial charge in [0.2, 0.25) is 5.88 Å². The lowest BCUT2D eigenvalue weighted by Crippen LogP contribution is -2.35. The predicted molar refractivity (Wildman–Crippen MR) is 71.2 cm³/mol. The topological polar surface area (TPSA) is 62.7 Å². The Bertz CT molecular complexity index is 419. The van der Waals surface area contributed by atoms with Gasteiger partial charge in [-0.2, -0.15) is 0 Å². The molecule has 5 heteroatoms. The summed E-state index contributed by atoms with van der Waals surface area (Å²) in [7, 11) is 1.55. The van der Waals surface area contributed by atoms with Crippen LogP contribution >= 0.6 is 0 Å². The van der Waals surface area contributed by atoms with Crippen LogP contribution in [0.5, 0.6) is 5.88 Å². The average Bonchev–Trinajstić information content (AvgIpc) is 2.92. The molecule has 1 atom stereocenters. The summed E-state index contributed by atoms with van der Waals surface area (Å²) >= 11 is 0. The van der Waals surface area contributed by atoms with Gasteiger partial charge >= 0.3 is 0 Å². The number of likely N-dealkylation sites (tertiary alicyclic amines) is 1. The maximum Gasteiger partial charge on any atom is 0.255 e. The van der Waals surface area contributed by atoms with Crippen LogP contribution in [-0.2, 0) is 0 Å². The summed E-state index contributed by atoms with van der Waals surface area (Å²) in [5.74, 6) is 0.533. The van der Waals surface area contributed by atoms with E-state index in [2.05, 4.69) is 4.98 Å². The normalized spacial score (nSPS) is 18.6. The van der Waals surface area contributed by atoms with E-state index in [1.807, 2.05) is 4.90 Å². The fraction of sp³-hybridized carbons (Fsp3) is 0.571. The lowest BCUT2D eigenvalue weighted by Gasteiger charge is -2.24. The van der Waals surface area contributed by atoms with Crippen molar-refractivity contribution >= 4 is 5.91 Å². The Kier molecular flexibility index (Phi) is 4.74. The SMILES string of the molecule is COc1ccc(C(=O)N2CCCC2CCCO)cn1. The highest BCUT2D eigenvalue weighted by atomic mass is 16.5. The highest BCUT2D eigenvalue weighted by Gasteiger charge is 2.28. The fourth-order valence-corrected chi connectivity index (χ4v) is 2.52. The number of aliphatic hydroxyl groups excluding tert-OH is 1. The van der Waals surface area contributed by atoms with Crippen molar-refractivity contribution < 1.29 is 14.6 Å². The minimum Gasteiger partial charge on any atom is -0.481 e. The molecule has 0 aromatic carbocycles. The van der Waals surface area contributed by atoms with E-state index >= 15 is 0 Å². The zero-order chi connectivity index (χ0) is 13.7. The molecule has 1 unspecified atom stereocenters. The number of hydrogen-bond donors (Lipinski definition) is 1. The van der Waals surface area contributed by atoms with Crippen LogP contribution < -0.4 is 4.74 Å². The summed E-state index contributed by atoms with van der Waals surface area (Å²) in [5.41, 5.74) is 0.594. The maximum atomic E-state index is 12.4. The second kappa shape index (κ2) is 6.52. The van der Waals surface area contributed by atoms with Gasteiger partial charge in [-0.3, -0.25) is 4.79 Å². The van der Waals surface area contributed by atoms with Crippen molar-refractivity contribution in [3.8, 4) is 5.88 Å². The molecule has 1 aromatic heterocycles. The number of pyridine rings is 1. The Morgan fingerprint density at radius 2 is 2.42 bits per heavy atom. The van der Waals surface area contributed by atoms with Gasteiger partial charge in [0, 0.05) is 31.5 Å². The first-order valence-corrected chi connectivity index (χ1v) is 6.68. The van der Waals surface area contributed by atoms with Crippen LogP contribution in [0.15, 0.2) is 18.3 Å². The highest BCUT2D eigenvalue weighted by Crippen LogP contribution is 2.23.